The van der Waals surface area contributed by atoms with E-state index < -0.39 is 0 Å². The van der Waals surface area contributed by atoms with Gasteiger partial charge in [-0.15, -0.1) is 0 Å². The average Bonchev–Trinajstić information content (AvgIpc) is 2.54. The molecule has 2 aromatic rings. The van der Waals surface area contributed by atoms with Crippen molar-refractivity contribution in [3.05, 3.63) is 59.7 Å². The number of hydrogen-bond donors (Lipinski definition) is 1. The summed E-state index contributed by atoms with van der Waals surface area (Å²) >= 11 is 0. The molecule has 0 aliphatic rings. The highest BCUT2D eigenvalue weighted by atomic mass is 16.2. The predicted molar refractivity (Wildman–Crippen MR) is 79.7 cm³/mol. The molecule has 0 aliphatic carbocycles. The van der Waals surface area contributed by atoms with Crippen LogP contribution in [0.5, 0.6) is 0 Å². The molecule has 0 heterocycles. The third-order valence-electron chi connectivity index (χ3n) is 2.93. The maximum absolute atomic E-state index is 12.1. The number of nitriles is 2. The average molecular weight is 276 g/mol. The Kier molecular flexibility index (Phi) is 4.18. The number of amides is 2. The Hall–Kier alpha value is -3.31. The van der Waals surface area contributed by atoms with E-state index in [2.05, 4.69) is 5.32 Å². The number of carbonyl (C=O) groups is 1. The number of carbonyl (C=O) groups excluding carboxylic acids is 1. The lowest BCUT2D eigenvalue weighted by atomic mass is 10.2. The summed E-state index contributed by atoms with van der Waals surface area (Å²) in [5, 5.41) is 20.3. The number of benzene rings is 2. The van der Waals surface area contributed by atoms with Crippen molar-refractivity contribution in [1.29, 1.82) is 10.5 Å². The Morgan fingerprint density at radius 3 is 2.33 bits per heavy atom. The van der Waals surface area contributed by atoms with E-state index in [1.807, 2.05) is 12.1 Å². The second-order valence-corrected chi connectivity index (χ2v) is 4.34. The first-order valence-corrected chi connectivity index (χ1v) is 6.19. The molecule has 2 rings (SSSR count). The van der Waals surface area contributed by atoms with Crippen LogP contribution in [0, 0.1) is 22.7 Å². The molecular formula is C16H12N4O. The van der Waals surface area contributed by atoms with E-state index in [-0.39, 0.29) is 6.03 Å². The number of rotatable bonds is 2. The first-order valence-electron chi connectivity index (χ1n) is 6.19. The summed E-state index contributed by atoms with van der Waals surface area (Å²) in [6, 6.07) is 17.1. The van der Waals surface area contributed by atoms with Crippen LogP contribution in [-0.4, -0.2) is 13.1 Å². The third-order valence-corrected chi connectivity index (χ3v) is 2.93. The van der Waals surface area contributed by atoms with Crippen LogP contribution in [-0.2, 0) is 0 Å². The van der Waals surface area contributed by atoms with Gasteiger partial charge in [0.05, 0.1) is 23.3 Å². The van der Waals surface area contributed by atoms with Gasteiger partial charge in [0.15, 0.2) is 0 Å². The zero-order valence-electron chi connectivity index (χ0n) is 11.4. The van der Waals surface area contributed by atoms with Gasteiger partial charge in [-0.05, 0) is 42.5 Å². The molecule has 0 aromatic heterocycles. The largest absolute Gasteiger partial charge is 0.326 e. The quantitative estimate of drug-likeness (QED) is 0.915. The number of anilines is 2. The maximum atomic E-state index is 12.1. The molecular weight excluding hydrogens is 264 g/mol. The molecule has 0 aliphatic heterocycles. The van der Waals surface area contributed by atoms with Crippen LogP contribution >= 0.6 is 0 Å². The van der Waals surface area contributed by atoms with Gasteiger partial charge in [0, 0.05) is 18.4 Å². The molecule has 0 spiro atoms. The van der Waals surface area contributed by atoms with Crippen LogP contribution in [0.2, 0.25) is 0 Å². The Morgan fingerprint density at radius 1 is 1.05 bits per heavy atom. The summed E-state index contributed by atoms with van der Waals surface area (Å²) in [7, 11) is 1.62. The van der Waals surface area contributed by atoms with Crippen molar-refractivity contribution in [1.82, 2.24) is 0 Å². The molecule has 2 aromatic carbocycles. The fraction of sp³-hybridized carbons (Fsp3) is 0.0625. The van der Waals surface area contributed by atoms with Crippen molar-refractivity contribution in [2.45, 2.75) is 0 Å². The number of nitrogens with zero attached hydrogens (tertiary/aromatic N) is 3. The molecule has 0 radical (unpaired) electrons. The van der Waals surface area contributed by atoms with Crippen LogP contribution in [0.4, 0.5) is 16.2 Å². The number of urea groups is 1. The molecule has 0 fully saturated rings. The highest BCUT2D eigenvalue weighted by molar-refractivity contribution is 6.01. The Labute approximate surface area is 122 Å². The molecule has 5 nitrogen and oxygen atoms in total. The van der Waals surface area contributed by atoms with Gasteiger partial charge >= 0.3 is 6.03 Å². The van der Waals surface area contributed by atoms with E-state index in [1.54, 1.807) is 55.6 Å². The molecule has 102 valence electrons. The maximum Gasteiger partial charge on any atom is 0.326 e. The molecule has 5 heteroatoms. The monoisotopic (exact) mass is 276 g/mol. The van der Waals surface area contributed by atoms with Crippen molar-refractivity contribution in [2.75, 3.05) is 17.3 Å². The molecule has 0 unspecified atom stereocenters. The van der Waals surface area contributed by atoms with Crippen LogP contribution in [0.25, 0.3) is 0 Å². The minimum atomic E-state index is -0.324. The van der Waals surface area contributed by atoms with E-state index >= 15 is 0 Å². The van der Waals surface area contributed by atoms with E-state index in [0.717, 1.165) is 0 Å². The van der Waals surface area contributed by atoms with Crippen LogP contribution < -0.4 is 10.2 Å². The molecule has 2 amide bonds. The van der Waals surface area contributed by atoms with Gasteiger partial charge < -0.3 is 5.32 Å². The number of hydrogen-bond acceptors (Lipinski definition) is 3. The highest BCUT2D eigenvalue weighted by Crippen LogP contribution is 2.16. The topological polar surface area (TPSA) is 79.9 Å². The fourth-order valence-electron chi connectivity index (χ4n) is 1.74. The van der Waals surface area contributed by atoms with Crippen molar-refractivity contribution in [3.8, 4) is 12.1 Å². The normalized spacial score (nSPS) is 9.29. The summed E-state index contributed by atoms with van der Waals surface area (Å²) in [6.45, 7) is 0. The standard InChI is InChI=1S/C16H12N4O/c1-20(15-4-2-3-13(9-15)11-18)16(21)19-14-7-5-12(10-17)6-8-14/h2-9H,1H3,(H,19,21). The fourth-order valence-corrected chi connectivity index (χ4v) is 1.74. The van der Waals surface area contributed by atoms with Crippen LogP contribution in [0.15, 0.2) is 48.5 Å². The lowest BCUT2D eigenvalue weighted by molar-refractivity contribution is 0.258. The first kappa shape index (κ1) is 14.1. The van der Waals surface area contributed by atoms with E-state index in [1.165, 1.54) is 4.90 Å². The smallest absolute Gasteiger partial charge is 0.308 e. The van der Waals surface area contributed by atoms with Gasteiger partial charge in [-0.3, -0.25) is 4.90 Å². The molecule has 0 bridgehead atoms. The van der Waals surface area contributed by atoms with Gasteiger partial charge in [-0.2, -0.15) is 10.5 Å². The SMILES string of the molecule is CN(C(=O)Nc1ccc(C#N)cc1)c1cccc(C#N)c1. The second-order valence-electron chi connectivity index (χ2n) is 4.34. The molecule has 0 saturated heterocycles. The summed E-state index contributed by atoms with van der Waals surface area (Å²) in [5.41, 5.74) is 2.25. The Bertz CT molecular complexity index is 738. The minimum absolute atomic E-state index is 0.324. The lowest BCUT2D eigenvalue weighted by Crippen LogP contribution is -2.31. The zero-order valence-corrected chi connectivity index (χ0v) is 11.4. The van der Waals surface area contributed by atoms with Gasteiger partial charge in [-0.25, -0.2) is 4.79 Å². The van der Waals surface area contributed by atoms with E-state index in [9.17, 15) is 4.79 Å². The van der Waals surface area contributed by atoms with E-state index in [4.69, 9.17) is 10.5 Å². The molecule has 21 heavy (non-hydrogen) atoms. The van der Waals surface area contributed by atoms with Gasteiger partial charge in [0.2, 0.25) is 0 Å². The molecule has 0 saturated carbocycles. The minimum Gasteiger partial charge on any atom is -0.308 e. The van der Waals surface area contributed by atoms with Crippen molar-refractivity contribution in [2.24, 2.45) is 0 Å². The van der Waals surface area contributed by atoms with Gasteiger partial charge in [-0.1, -0.05) is 6.07 Å². The molecule has 0 atom stereocenters. The lowest BCUT2D eigenvalue weighted by Gasteiger charge is -2.18. The van der Waals surface area contributed by atoms with Crippen molar-refractivity contribution in [3.63, 3.8) is 0 Å². The van der Waals surface area contributed by atoms with Gasteiger partial charge in [0.1, 0.15) is 0 Å². The van der Waals surface area contributed by atoms with Gasteiger partial charge in [0.25, 0.3) is 0 Å². The second kappa shape index (κ2) is 6.23. The molecule has 1 N–H and O–H groups in total. The Balaban J connectivity index is 2.12. The van der Waals surface area contributed by atoms with Crippen LogP contribution in [0.1, 0.15) is 11.1 Å². The Morgan fingerprint density at radius 2 is 1.71 bits per heavy atom. The zero-order chi connectivity index (χ0) is 15.2. The highest BCUT2D eigenvalue weighted by Gasteiger charge is 2.11. The summed E-state index contributed by atoms with van der Waals surface area (Å²) < 4.78 is 0. The van der Waals surface area contributed by atoms with Crippen molar-refractivity contribution < 1.29 is 4.79 Å². The third kappa shape index (κ3) is 3.37. The van der Waals surface area contributed by atoms with E-state index in [0.29, 0.717) is 22.5 Å². The van der Waals surface area contributed by atoms with Crippen LogP contribution in [0.3, 0.4) is 0 Å². The predicted octanol–water partition coefficient (Wildman–Crippen LogP) is 3.10. The summed E-state index contributed by atoms with van der Waals surface area (Å²) in [6.07, 6.45) is 0. The summed E-state index contributed by atoms with van der Waals surface area (Å²) in [5.74, 6) is 0. The summed E-state index contributed by atoms with van der Waals surface area (Å²) in [4.78, 5) is 13.5. The first-order chi connectivity index (χ1) is 10.1. The van der Waals surface area contributed by atoms with Crippen molar-refractivity contribution >= 4 is 17.4 Å². The number of nitrogens with one attached hydrogen (secondary N) is 1.